The number of carbonyl (C=O) groups is 2. The number of carbonyl (C=O) groups excluding carboxylic acids is 2. The zero-order valence-corrected chi connectivity index (χ0v) is 15.3. The Morgan fingerprint density at radius 3 is 2.96 bits per heavy atom. The average Bonchev–Trinajstić information content (AvgIpc) is 3.04. The quantitative estimate of drug-likeness (QED) is 0.817. The summed E-state index contributed by atoms with van der Waals surface area (Å²) in [5.74, 6) is 0.863. The first-order chi connectivity index (χ1) is 13.1. The summed E-state index contributed by atoms with van der Waals surface area (Å²) in [6, 6.07) is 6.89. The van der Waals surface area contributed by atoms with E-state index < -0.39 is 0 Å². The lowest BCUT2D eigenvalue weighted by atomic mass is 9.76. The number of amides is 2. The molecule has 3 atom stereocenters. The van der Waals surface area contributed by atoms with Crippen LogP contribution in [0.3, 0.4) is 0 Å². The van der Waals surface area contributed by atoms with Crippen LogP contribution in [0, 0.1) is 17.7 Å². The molecule has 3 saturated heterocycles. The molecule has 0 aliphatic carbocycles. The molecule has 3 unspecified atom stereocenters. The van der Waals surface area contributed by atoms with E-state index in [2.05, 4.69) is 4.90 Å². The van der Waals surface area contributed by atoms with Crippen LogP contribution in [0.4, 0.5) is 4.39 Å². The Morgan fingerprint density at radius 1 is 1.19 bits per heavy atom. The molecule has 2 bridgehead atoms. The fourth-order valence-corrected chi connectivity index (χ4v) is 5.35. The van der Waals surface area contributed by atoms with Gasteiger partial charge in [0.05, 0.1) is 5.52 Å². The van der Waals surface area contributed by atoms with Gasteiger partial charge in [0.25, 0.3) is 0 Å². The van der Waals surface area contributed by atoms with E-state index in [0.717, 1.165) is 49.8 Å². The predicted octanol–water partition coefficient (Wildman–Crippen LogP) is 2.64. The molecular weight excluding hydrogens is 345 g/mol. The molecule has 0 N–H and O–H groups in total. The molecule has 5 nitrogen and oxygen atoms in total. The van der Waals surface area contributed by atoms with Gasteiger partial charge in [-0.05, 0) is 60.7 Å². The molecule has 6 heteroatoms. The lowest BCUT2D eigenvalue weighted by molar-refractivity contribution is -0.148. The molecular formula is C21H24FN3O2. The lowest BCUT2D eigenvalue weighted by Gasteiger charge is -2.52. The first kappa shape index (κ1) is 16.8. The molecule has 3 aliphatic heterocycles. The SMILES string of the molecule is O=C(Cn1ccc2ccc(F)cc21)N1CC2CC(C1)C1CCCC(=O)N1C2. The van der Waals surface area contributed by atoms with Crippen molar-refractivity contribution in [3.8, 4) is 0 Å². The van der Waals surface area contributed by atoms with Crippen molar-refractivity contribution in [3.63, 3.8) is 0 Å². The van der Waals surface area contributed by atoms with E-state index in [1.165, 1.54) is 12.1 Å². The highest BCUT2D eigenvalue weighted by molar-refractivity contribution is 5.83. The molecule has 3 fully saturated rings. The maximum atomic E-state index is 13.6. The minimum Gasteiger partial charge on any atom is -0.340 e. The summed E-state index contributed by atoms with van der Waals surface area (Å²) in [5.41, 5.74) is 0.754. The summed E-state index contributed by atoms with van der Waals surface area (Å²) in [6.07, 6.45) is 5.68. The number of benzene rings is 1. The number of piperidine rings is 3. The lowest BCUT2D eigenvalue weighted by Crippen LogP contribution is -2.61. The molecule has 142 valence electrons. The van der Waals surface area contributed by atoms with E-state index in [0.29, 0.717) is 30.2 Å². The molecule has 4 heterocycles. The first-order valence-corrected chi connectivity index (χ1v) is 9.90. The van der Waals surface area contributed by atoms with E-state index >= 15 is 0 Å². The van der Waals surface area contributed by atoms with Crippen LogP contribution in [0.5, 0.6) is 0 Å². The van der Waals surface area contributed by atoms with Gasteiger partial charge in [0.2, 0.25) is 11.8 Å². The Hall–Kier alpha value is -2.37. The minimum absolute atomic E-state index is 0.0852. The molecule has 3 aliphatic rings. The van der Waals surface area contributed by atoms with Gasteiger partial charge in [-0.1, -0.05) is 0 Å². The molecule has 27 heavy (non-hydrogen) atoms. The van der Waals surface area contributed by atoms with Crippen molar-refractivity contribution in [1.82, 2.24) is 14.4 Å². The highest BCUT2D eigenvalue weighted by Crippen LogP contribution is 2.38. The molecule has 5 rings (SSSR count). The number of likely N-dealkylation sites (tertiary alicyclic amines) is 1. The fraction of sp³-hybridized carbons (Fsp3) is 0.524. The number of hydrogen-bond acceptors (Lipinski definition) is 2. The largest absolute Gasteiger partial charge is 0.340 e. The van der Waals surface area contributed by atoms with Crippen LogP contribution in [0.25, 0.3) is 10.9 Å². The topological polar surface area (TPSA) is 45.6 Å². The minimum atomic E-state index is -0.288. The van der Waals surface area contributed by atoms with Gasteiger partial charge in [-0.2, -0.15) is 0 Å². The third-order valence-corrected chi connectivity index (χ3v) is 6.57. The first-order valence-electron chi connectivity index (χ1n) is 9.90. The van der Waals surface area contributed by atoms with E-state index in [4.69, 9.17) is 0 Å². The van der Waals surface area contributed by atoms with Crippen molar-refractivity contribution in [2.45, 2.75) is 38.3 Å². The van der Waals surface area contributed by atoms with Crippen molar-refractivity contribution >= 4 is 22.7 Å². The monoisotopic (exact) mass is 369 g/mol. The summed E-state index contributed by atoms with van der Waals surface area (Å²) in [6.45, 7) is 2.48. The van der Waals surface area contributed by atoms with Gasteiger partial charge in [-0.3, -0.25) is 9.59 Å². The van der Waals surface area contributed by atoms with Crippen LogP contribution in [0.15, 0.2) is 30.5 Å². The fourth-order valence-electron chi connectivity index (χ4n) is 5.35. The normalized spacial score (nSPS) is 27.7. The third kappa shape index (κ3) is 2.91. The third-order valence-electron chi connectivity index (χ3n) is 6.57. The second-order valence-electron chi connectivity index (χ2n) is 8.31. The maximum Gasteiger partial charge on any atom is 0.242 e. The second-order valence-corrected chi connectivity index (χ2v) is 8.31. The second kappa shape index (κ2) is 6.36. The summed E-state index contributed by atoms with van der Waals surface area (Å²) >= 11 is 0. The number of hydrogen-bond donors (Lipinski definition) is 0. The van der Waals surface area contributed by atoms with Crippen molar-refractivity contribution in [2.24, 2.45) is 11.8 Å². The van der Waals surface area contributed by atoms with Crippen LogP contribution in [-0.2, 0) is 16.1 Å². The van der Waals surface area contributed by atoms with E-state index in [1.54, 1.807) is 6.07 Å². The van der Waals surface area contributed by atoms with Crippen molar-refractivity contribution in [3.05, 3.63) is 36.3 Å². The standard InChI is InChI=1S/C21H24FN3O2/c22-17-5-4-15-6-7-23(19(15)9-17)13-21(27)24-10-14-8-16(12-24)18-2-1-3-20(26)25(18)11-14/h4-7,9,14,16,18H,1-3,8,10-13H2. The Morgan fingerprint density at radius 2 is 2.07 bits per heavy atom. The van der Waals surface area contributed by atoms with E-state index in [-0.39, 0.29) is 18.3 Å². The number of fused-ring (bicyclic) bond motifs is 5. The van der Waals surface area contributed by atoms with Crippen LogP contribution >= 0.6 is 0 Å². The Balaban J connectivity index is 1.33. The van der Waals surface area contributed by atoms with Gasteiger partial charge in [0.15, 0.2) is 0 Å². The van der Waals surface area contributed by atoms with Gasteiger partial charge >= 0.3 is 0 Å². The van der Waals surface area contributed by atoms with Crippen molar-refractivity contribution in [1.29, 1.82) is 0 Å². The number of aromatic nitrogens is 1. The highest BCUT2D eigenvalue weighted by Gasteiger charge is 2.44. The summed E-state index contributed by atoms with van der Waals surface area (Å²) in [7, 11) is 0. The van der Waals surface area contributed by atoms with Gasteiger partial charge in [0, 0.05) is 38.3 Å². The molecule has 1 aromatic carbocycles. The van der Waals surface area contributed by atoms with Gasteiger partial charge in [0.1, 0.15) is 12.4 Å². The Labute approximate surface area is 157 Å². The maximum absolute atomic E-state index is 13.6. The molecule has 2 amide bonds. The van der Waals surface area contributed by atoms with Gasteiger partial charge in [-0.15, -0.1) is 0 Å². The van der Waals surface area contributed by atoms with Crippen LogP contribution in [0.1, 0.15) is 25.7 Å². The van der Waals surface area contributed by atoms with Crippen LogP contribution in [0.2, 0.25) is 0 Å². The summed E-state index contributed by atoms with van der Waals surface area (Å²) < 4.78 is 15.4. The molecule has 0 saturated carbocycles. The number of nitrogens with zero attached hydrogens (tertiary/aromatic N) is 3. The summed E-state index contributed by atoms with van der Waals surface area (Å²) in [5, 5.41) is 0.941. The van der Waals surface area contributed by atoms with Crippen LogP contribution < -0.4 is 0 Å². The predicted molar refractivity (Wildman–Crippen MR) is 99.4 cm³/mol. The van der Waals surface area contributed by atoms with Crippen molar-refractivity contribution < 1.29 is 14.0 Å². The van der Waals surface area contributed by atoms with Gasteiger partial charge in [-0.25, -0.2) is 4.39 Å². The zero-order valence-electron chi connectivity index (χ0n) is 15.3. The Kier molecular flexibility index (Phi) is 3.95. The van der Waals surface area contributed by atoms with Crippen LogP contribution in [-0.4, -0.2) is 51.9 Å². The average molecular weight is 369 g/mol. The Bertz CT molecular complexity index is 908. The number of halogens is 1. The van der Waals surface area contributed by atoms with Crippen molar-refractivity contribution in [2.75, 3.05) is 19.6 Å². The van der Waals surface area contributed by atoms with Gasteiger partial charge < -0.3 is 14.4 Å². The van der Waals surface area contributed by atoms with E-state index in [9.17, 15) is 14.0 Å². The number of rotatable bonds is 2. The molecule has 2 aromatic rings. The molecule has 0 spiro atoms. The summed E-state index contributed by atoms with van der Waals surface area (Å²) in [4.78, 5) is 29.3. The molecule has 0 radical (unpaired) electrons. The van der Waals surface area contributed by atoms with E-state index in [1.807, 2.05) is 21.7 Å². The smallest absolute Gasteiger partial charge is 0.242 e. The highest BCUT2D eigenvalue weighted by atomic mass is 19.1. The molecule has 1 aromatic heterocycles. The zero-order chi connectivity index (χ0) is 18.5.